The minimum atomic E-state index is -0.824. The Kier molecular flexibility index (Phi) is 3.97. The molecule has 2 amide bonds. The van der Waals surface area contributed by atoms with Crippen LogP contribution in [0.25, 0.3) is 0 Å². The van der Waals surface area contributed by atoms with Crippen LogP contribution in [0.2, 0.25) is 0 Å². The first kappa shape index (κ1) is 14.4. The third-order valence-corrected chi connectivity index (χ3v) is 3.98. The summed E-state index contributed by atoms with van der Waals surface area (Å²) in [5.74, 6) is -0.824. The minimum absolute atomic E-state index is 0.180. The number of carbonyl (C=O) groups excluding carboxylic acids is 1. The van der Waals surface area contributed by atoms with Gasteiger partial charge in [0, 0.05) is 12.2 Å². The van der Waals surface area contributed by atoms with E-state index in [0.29, 0.717) is 12.8 Å². The lowest BCUT2D eigenvalue weighted by atomic mass is 9.69. The normalized spacial score (nSPS) is 16.1. The quantitative estimate of drug-likeness (QED) is 0.791. The highest BCUT2D eigenvalue weighted by molar-refractivity contribution is 5.90. The van der Waals surface area contributed by atoms with Gasteiger partial charge in [-0.15, -0.1) is 0 Å². The summed E-state index contributed by atoms with van der Waals surface area (Å²) in [5.41, 5.74) is 2.09. The van der Waals surface area contributed by atoms with Crippen LogP contribution in [0.15, 0.2) is 18.2 Å². The highest BCUT2D eigenvalue weighted by Crippen LogP contribution is 2.40. The van der Waals surface area contributed by atoms with Crippen molar-refractivity contribution >= 4 is 17.7 Å². The van der Waals surface area contributed by atoms with Gasteiger partial charge in [0.05, 0.1) is 5.41 Å². The molecule has 0 saturated heterocycles. The van der Waals surface area contributed by atoms with E-state index in [1.54, 1.807) is 0 Å². The number of hydrogen-bond acceptors (Lipinski definition) is 2. The number of carbonyl (C=O) groups is 2. The van der Waals surface area contributed by atoms with Gasteiger partial charge in [0.25, 0.3) is 0 Å². The van der Waals surface area contributed by atoms with Crippen LogP contribution in [0.5, 0.6) is 0 Å². The van der Waals surface area contributed by atoms with E-state index in [1.165, 1.54) is 0 Å². The number of urea groups is 1. The zero-order valence-electron chi connectivity index (χ0n) is 11.8. The molecule has 0 radical (unpaired) electrons. The van der Waals surface area contributed by atoms with Crippen molar-refractivity contribution in [3.63, 3.8) is 0 Å². The van der Waals surface area contributed by atoms with Gasteiger partial charge in [0.2, 0.25) is 0 Å². The number of nitrogens with one attached hydrogen (secondary N) is 2. The summed E-state index contributed by atoms with van der Waals surface area (Å²) in [6, 6.07) is 5.40. The fraction of sp³-hybridized carbons (Fsp3) is 0.467. The van der Waals surface area contributed by atoms with E-state index in [9.17, 15) is 14.7 Å². The van der Waals surface area contributed by atoms with Crippen molar-refractivity contribution in [3.05, 3.63) is 29.3 Å². The number of aliphatic carboxylic acids is 1. The van der Waals surface area contributed by atoms with Crippen LogP contribution in [-0.4, -0.2) is 23.7 Å². The number of carboxylic acid groups (broad SMARTS) is 1. The molecule has 0 unspecified atom stereocenters. The van der Waals surface area contributed by atoms with Crippen molar-refractivity contribution in [2.24, 2.45) is 5.41 Å². The molecule has 1 aliphatic carbocycles. The Morgan fingerprint density at radius 3 is 2.50 bits per heavy atom. The maximum absolute atomic E-state index is 11.8. The summed E-state index contributed by atoms with van der Waals surface area (Å²) in [4.78, 5) is 23.0. The lowest BCUT2D eigenvalue weighted by Gasteiger charge is -2.37. The topological polar surface area (TPSA) is 78.4 Å². The van der Waals surface area contributed by atoms with Gasteiger partial charge >= 0.3 is 12.0 Å². The van der Waals surface area contributed by atoms with Crippen molar-refractivity contribution < 1.29 is 14.7 Å². The Bertz CT molecular complexity index is 536. The Balaban J connectivity index is 1.91. The number of aryl methyl sites for hydroxylation is 2. The number of benzene rings is 1. The second-order valence-electron chi connectivity index (χ2n) is 5.57. The SMILES string of the molecule is Cc1ccc(NC(=O)NCC2(C(=O)O)CCC2)c(C)c1. The van der Waals surface area contributed by atoms with E-state index in [-0.39, 0.29) is 12.6 Å². The van der Waals surface area contributed by atoms with Crippen LogP contribution in [0.1, 0.15) is 30.4 Å². The molecule has 1 aromatic rings. The molecule has 2 rings (SSSR count). The lowest BCUT2D eigenvalue weighted by Crippen LogP contribution is -2.48. The second kappa shape index (κ2) is 5.53. The van der Waals surface area contributed by atoms with Crippen LogP contribution in [0.4, 0.5) is 10.5 Å². The number of hydrogen-bond donors (Lipinski definition) is 3. The van der Waals surface area contributed by atoms with Crippen LogP contribution in [0.3, 0.4) is 0 Å². The standard InChI is InChI=1S/C15H20N2O3/c1-10-4-5-12(11(2)8-10)17-14(20)16-9-15(13(18)19)6-3-7-15/h4-5,8H,3,6-7,9H2,1-2H3,(H,18,19)(H2,16,17,20). The van der Waals surface area contributed by atoms with E-state index in [2.05, 4.69) is 10.6 Å². The monoisotopic (exact) mass is 276 g/mol. The van der Waals surface area contributed by atoms with Gasteiger partial charge < -0.3 is 15.7 Å². The molecule has 1 saturated carbocycles. The van der Waals surface area contributed by atoms with Crippen molar-refractivity contribution in [2.45, 2.75) is 33.1 Å². The van der Waals surface area contributed by atoms with Gasteiger partial charge in [-0.3, -0.25) is 4.79 Å². The first-order chi connectivity index (χ1) is 9.43. The molecule has 5 heteroatoms. The Hall–Kier alpha value is -2.04. The summed E-state index contributed by atoms with van der Waals surface area (Å²) in [5, 5.41) is 14.6. The van der Waals surface area contributed by atoms with Crippen molar-refractivity contribution in [1.82, 2.24) is 5.32 Å². The van der Waals surface area contributed by atoms with E-state index < -0.39 is 11.4 Å². The summed E-state index contributed by atoms with van der Waals surface area (Å²) in [7, 11) is 0. The van der Waals surface area contributed by atoms with Gasteiger partial charge in [-0.2, -0.15) is 0 Å². The van der Waals surface area contributed by atoms with Crippen LogP contribution in [0, 0.1) is 19.3 Å². The molecule has 0 bridgehead atoms. The third-order valence-electron chi connectivity index (χ3n) is 3.98. The van der Waals surface area contributed by atoms with Gasteiger partial charge in [-0.1, -0.05) is 24.1 Å². The molecular formula is C15H20N2O3. The third kappa shape index (κ3) is 2.92. The zero-order chi connectivity index (χ0) is 14.8. The summed E-state index contributed by atoms with van der Waals surface area (Å²) in [6.07, 6.45) is 2.17. The van der Waals surface area contributed by atoms with E-state index in [4.69, 9.17) is 0 Å². The summed E-state index contributed by atoms with van der Waals surface area (Å²) in [6.45, 7) is 4.09. The average molecular weight is 276 g/mol. The Morgan fingerprint density at radius 1 is 1.30 bits per heavy atom. The van der Waals surface area contributed by atoms with E-state index in [1.807, 2.05) is 32.0 Å². The van der Waals surface area contributed by atoms with Crippen molar-refractivity contribution in [3.8, 4) is 0 Å². The molecule has 0 atom stereocenters. The molecule has 1 fully saturated rings. The van der Waals surface area contributed by atoms with Crippen molar-refractivity contribution in [1.29, 1.82) is 0 Å². The number of anilines is 1. The number of amides is 2. The van der Waals surface area contributed by atoms with E-state index >= 15 is 0 Å². The largest absolute Gasteiger partial charge is 0.481 e. The molecule has 0 aliphatic heterocycles. The molecule has 108 valence electrons. The van der Waals surface area contributed by atoms with Crippen molar-refractivity contribution in [2.75, 3.05) is 11.9 Å². The van der Waals surface area contributed by atoms with Gasteiger partial charge in [-0.05, 0) is 38.3 Å². The molecule has 5 nitrogen and oxygen atoms in total. The smallest absolute Gasteiger partial charge is 0.319 e. The first-order valence-electron chi connectivity index (χ1n) is 6.78. The van der Waals surface area contributed by atoms with Crippen LogP contribution >= 0.6 is 0 Å². The van der Waals surface area contributed by atoms with E-state index in [0.717, 1.165) is 23.2 Å². The molecule has 1 aromatic carbocycles. The summed E-state index contributed by atoms with van der Waals surface area (Å²) >= 11 is 0. The Labute approximate surface area is 118 Å². The van der Waals surface area contributed by atoms with Crippen LogP contribution < -0.4 is 10.6 Å². The maximum Gasteiger partial charge on any atom is 0.319 e. The first-order valence-corrected chi connectivity index (χ1v) is 6.78. The van der Waals surface area contributed by atoms with Gasteiger partial charge in [0.1, 0.15) is 0 Å². The van der Waals surface area contributed by atoms with Crippen LogP contribution in [-0.2, 0) is 4.79 Å². The second-order valence-corrected chi connectivity index (χ2v) is 5.57. The molecule has 0 heterocycles. The highest BCUT2D eigenvalue weighted by atomic mass is 16.4. The van der Waals surface area contributed by atoms with Gasteiger partial charge in [-0.25, -0.2) is 4.79 Å². The zero-order valence-corrected chi connectivity index (χ0v) is 11.8. The fourth-order valence-electron chi connectivity index (χ4n) is 2.44. The molecular weight excluding hydrogens is 256 g/mol. The maximum atomic E-state index is 11.8. The molecule has 0 spiro atoms. The number of carboxylic acids is 1. The average Bonchev–Trinajstić information content (AvgIpc) is 2.31. The highest BCUT2D eigenvalue weighted by Gasteiger charge is 2.44. The predicted octanol–water partition coefficient (Wildman–Crippen LogP) is 2.68. The molecule has 3 N–H and O–H groups in total. The predicted molar refractivity (Wildman–Crippen MR) is 76.9 cm³/mol. The molecule has 1 aliphatic rings. The van der Waals surface area contributed by atoms with Gasteiger partial charge in [0.15, 0.2) is 0 Å². The fourth-order valence-corrected chi connectivity index (χ4v) is 2.44. The summed E-state index contributed by atoms with van der Waals surface area (Å²) < 4.78 is 0. The number of rotatable bonds is 4. The lowest BCUT2D eigenvalue weighted by molar-refractivity contribution is -0.153. The molecule has 20 heavy (non-hydrogen) atoms. The minimum Gasteiger partial charge on any atom is -0.481 e. The Morgan fingerprint density at radius 2 is 2.00 bits per heavy atom. The molecule has 0 aromatic heterocycles.